The lowest BCUT2D eigenvalue weighted by Crippen LogP contribution is -1.92. The summed E-state index contributed by atoms with van der Waals surface area (Å²) in [5.74, 6) is 0. The third-order valence-electron chi connectivity index (χ3n) is 24.5. The maximum absolute atomic E-state index is 7.54. The van der Waals surface area contributed by atoms with Crippen LogP contribution in [0.4, 0.5) is 0 Å². The summed E-state index contributed by atoms with van der Waals surface area (Å²) in [6.07, 6.45) is 0. The van der Waals surface area contributed by atoms with Gasteiger partial charge in [-0.2, -0.15) is 0 Å². The highest BCUT2D eigenvalue weighted by Gasteiger charge is 2.26. The molecule has 0 amide bonds. The molecule has 2 aromatic heterocycles. The third-order valence-corrected chi connectivity index (χ3v) is 24.5. The molecule has 526 valence electrons. The number of hydrogen-bond acceptors (Lipinski definition) is 2. The van der Waals surface area contributed by atoms with Crippen molar-refractivity contribution < 1.29 is 8.83 Å². The molecule has 0 unspecified atom stereocenters. The molecule has 0 spiro atoms. The van der Waals surface area contributed by atoms with Crippen molar-refractivity contribution in [3.63, 3.8) is 0 Å². The summed E-state index contributed by atoms with van der Waals surface area (Å²) in [6, 6.07) is 148. The van der Waals surface area contributed by atoms with E-state index in [1.807, 2.05) is 0 Å². The molecule has 0 aliphatic rings. The van der Waals surface area contributed by atoms with Gasteiger partial charge in [-0.25, -0.2) is 0 Å². The minimum atomic E-state index is 0.866. The molecule has 0 atom stereocenters. The molecule has 24 aromatic rings. The molecular formula is C112H66O2. The van der Waals surface area contributed by atoms with Crippen molar-refractivity contribution in [3.05, 3.63) is 400 Å². The van der Waals surface area contributed by atoms with Crippen molar-refractivity contribution in [2.45, 2.75) is 0 Å². The SMILES string of the molecule is c1cc(-c2cc(-c3cccc4ccc(-c5cccc(-c6c7ccccc7c(-c7cccc(-c8ccc9oc%10c%11ccccc%11c%11ccccc%11c%10c9c8)c7)c7ccccc67)c5)cc34)c3oc4c5ccccc5c5ccccc5c4c3c2)cc(-c2c3ccccc3c(-c3ccc(-c4ccc5ccccc5c4)cc3)c3ccccc23)c1. The normalized spacial score (nSPS) is 12.0. The van der Waals surface area contributed by atoms with Gasteiger partial charge >= 0.3 is 0 Å². The van der Waals surface area contributed by atoms with Gasteiger partial charge in [-0.3, -0.25) is 0 Å². The largest absolute Gasteiger partial charge is 0.455 e. The topological polar surface area (TPSA) is 26.3 Å². The highest BCUT2D eigenvalue weighted by atomic mass is 16.3. The predicted octanol–water partition coefficient (Wildman–Crippen LogP) is 32.0. The first-order valence-corrected chi connectivity index (χ1v) is 39.4. The Balaban J connectivity index is 0.639. The number of furan rings is 2. The average Bonchev–Trinajstić information content (AvgIpc) is 1.53. The first-order valence-electron chi connectivity index (χ1n) is 39.4. The van der Waals surface area contributed by atoms with Gasteiger partial charge in [0.25, 0.3) is 0 Å². The van der Waals surface area contributed by atoms with E-state index in [2.05, 4.69) is 400 Å². The quantitative estimate of drug-likeness (QED) is 0.106. The standard InChI is InChI=1S/C112H66O2/c1-2-24-71-59-75(55-51-67(71)23-1)68-49-53-70(54-50-68)104-89-38-9-11-40-91(89)107(92-41-12-10-39-90(92)104)80-31-21-28-74(62-80)81-65-100(110-102(66-81)109-88-37-8-4-33-83(88)85-35-6-18-47-98(85)112(109)114-110)86-48-22-25-69-52-56-76(63-99(69)86)72-26-19-29-78(60-72)105-93-42-13-15-44-95(93)106(96-45-16-14-43-94(96)105)79-30-20-27-73(61-79)77-57-58-103-101(64-77)108-87-36-7-3-32-82(87)84-34-5-17-46-97(84)111(108)113-103/h1-66H. The first-order chi connectivity index (χ1) is 56.5. The Hall–Kier alpha value is -15.0. The molecule has 24 rings (SSSR count). The number of benzene rings is 22. The highest BCUT2D eigenvalue weighted by Crippen LogP contribution is 2.52. The summed E-state index contributed by atoms with van der Waals surface area (Å²) in [5.41, 5.74) is 24.5. The van der Waals surface area contributed by atoms with Crippen LogP contribution in [0.2, 0.25) is 0 Å². The molecule has 114 heavy (non-hydrogen) atoms. The Bertz CT molecular complexity index is 8120. The summed E-state index contributed by atoms with van der Waals surface area (Å²) >= 11 is 0. The highest BCUT2D eigenvalue weighted by molar-refractivity contribution is 6.33. The summed E-state index contributed by atoms with van der Waals surface area (Å²) in [7, 11) is 0. The van der Waals surface area contributed by atoms with Crippen LogP contribution in [0.1, 0.15) is 0 Å². The van der Waals surface area contributed by atoms with Gasteiger partial charge in [0, 0.05) is 37.9 Å². The zero-order chi connectivity index (χ0) is 74.6. The zero-order valence-corrected chi connectivity index (χ0v) is 61.9. The molecule has 0 saturated heterocycles. The van der Waals surface area contributed by atoms with E-state index in [1.54, 1.807) is 0 Å². The fourth-order valence-corrected chi connectivity index (χ4v) is 19.4. The number of hydrogen-bond donors (Lipinski definition) is 0. The van der Waals surface area contributed by atoms with Crippen LogP contribution in [0.5, 0.6) is 0 Å². The van der Waals surface area contributed by atoms with E-state index in [0.717, 1.165) is 121 Å². The number of rotatable bonds is 9. The number of fused-ring (bicyclic) bond motifs is 22. The average molecular weight is 1440 g/mol. The van der Waals surface area contributed by atoms with Crippen LogP contribution in [0.15, 0.2) is 409 Å². The van der Waals surface area contributed by atoms with Crippen LogP contribution in [0.25, 0.3) is 252 Å². The molecule has 0 saturated carbocycles. The Kier molecular flexibility index (Phi) is 14.2. The Morgan fingerprint density at radius 2 is 0.456 bits per heavy atom. The lowest BCUT2D eigenvalue weighted by Gasteiger charge is -2.19. The Morgan fingerprint density at radius 3 is 0.965 bits per heavy atom. The van der Waals surface area contributed by atoms with Crippen molar-refractivity contribution in [1.29, 1.82) is 0 Å². The fourth-order valence-electron chi connectivity index (χ4n) is 19.4. The third kappa shape index (κ3) is 9.88. The van der Waals surface area contributed by atoms with Crippen LogP contribution in [-0.4, -0.2) is 0 Å². The minimum Gasteiger partial charge on any atom is -0.455 e. The van der Waals surface area contributed by atoms with Crippen molar-refractivity contribution in [2.75, 3.05) is 0 Å². The summed E-state index contributed by atoms with van der Waals surface area (Å²) in [5, 5.41) is 28.4. The van der Waals surface area contributed by atoms with Crippen LogP contribution >= 0.6 is 0 Å². The molecule has 0 aliphatic carbocycles. The zero-order valence-electron chi connectivity index (χ0n) is 61.9. The predicted molar refractivity (Wildman–Crippen MR) is 485 cm³/mol. The van der Waals surface area contributed by atoms with E-state index in [1.165, 1.54) is 131 Å². The Morgan fingerprint density at radius 1 is 0.132 bits per heavy atom. The van der Waals surface area contributed by atoms with Crippen molar-refractivity contribution in [3.8, 4) is 100 Å². The maximum Gasteiger partial charge on any atom is 0.143 e. The van der Waals surface area contributed by atoms with E-state index in [-0.39, 0.29) is 0 Å². The van der Waals surface area contributed by atoms with Gasteiger partial charge < -0.3 is 8.83 Å². The summed E-state index contributed by atoms with van der Waals surface area (Å²) < 4.78 is 14.3. The van der Waals surface area contributed by atoms with E-state index in [0.29, 0.717) is 0 Å². The van der Waals surface area contributed by atoms with E-state index in [9.17, 15) is 0 Å². The first kappa shape index (κ1) is 63.9. The van der Waals surface area contributed by atoms with Crippen molar-refractivity contribution >= 4 is 152 Å². The van der Waals surface area contributed by atoms with E-state index in [4.69, 9.17) is 8.83 Å². The van der Waals surface area contributed by atoms with Crippen LogP contribution in [0, 0.1) is 0 Å². The van der Waals surface area contributed by atoms with Crippen LogP contribution in [0.3, 0.4) is 0 Å². The van der Waals surface area contributed by atoms with Gasteiger partial charge in [-0.05, 0) is 246 Å². The molecule has 2 heteroatoms. The van der Waals surface area contributed by atoms with Gasteiger partial charge in [0.05, 0.1) is 0 Å². The smallest absolute Gasteiger partial charge is 0.143 e. The van der Waals surface area contributed by atoms with Gasteiger partial charge in [0.1, 0.15) is 22.3 Å². The van der Waals surface area contributed by atoms with Gasteiger partial charge in [0.2, 0.25) is 0 Å². The summed E-state index contributed by atoms with van der Waals surface area (Å²) in [4.78, 5) is 0. The molecule has 2 nitrogen and oxygen atoms in total. The van der Waals surface area contributed by atoms with Crippen LogP contribution < -0.4 is 0 Å². The van der Waals surface area contributed by atoms with Crippen molar-refractivity contribution in [2.24, 2.45) is 0 Å². The molecule has 0 N–H and O–H groups in total. The molecular weight excluding hydrogens is 1380 g/mol. The second-order valence-corrected chi connectivity index (χ2v) is 30.7. The van der Waals surface area contributed by atoms with E-state index < -0.39 is 0 Å². The second kappa shape index (κ2) is 25.3. The van der Waals surface area contributed by atoms with Gasteiger partial charge in [-0.15, -0.1) is 0 Å². The fraction of sp³-hybridized carbons (Fsp3) is 0. The maximum atomic E-state index is 7.54. The van der Waals surface area contributed by atoms with Crippen molar-refractivity contribution in [1.82, 2.24) is 0 Å². The van der Waals surface area contributed by atoms with Crippen LogP contribution in [-0.2, 0) is 0 Å². The summed E-state index contributed by atoms with van der Waals surface area (Å²) in [6.45, 7) is 0. The molecule has 0 radical (unpaired) electrons. The second-order valence-electron chi connectivity index (χ2n) is 30.7. The molecule has 0 fully saturated rings. The molecule has 0 bridgehead atoms. The van der Waals surface area contributed by atoms with Gasteiger partial charge in [0.15, 0.2) is 0 Å². The molecule has 22 aromatic carbocycles. The molecule has 2 heterocycles. The Labute approximate surface area is 656 Å². The monoisotopic (exact) mass is 1440 g/mol. The lowest BCUT2D eigenvalue weighted by atomic mass is 9.84. The van der Waals surface area contributed by atoms with Gasteiger partial charge in [-0.1, -0.05) is 346 Å². The molecule has 0 aliphatic heterocycles. The van der Waals surface area contributed by atoms with E-state index >= 15 is 0 Å². The lowest BCUT2D eigenvalue weighted by molar-refractivity contribution is 0.673. The minimum absolute atomic E-state index is 0.866.